The maximum absolute atomic E-state index is 14.5. The molecule has 0 radical (unpaired) electrons. The van der Waals surface area contributed by atoms with Gasteiger partial charge < -0.3 is 14.2 Å². The maximum atomic E-state index is 14.5. The molecule has 2 atom stereocenters. The van der Waals surface area contributed by atoms with Crippen LogP contribution in [0.2, 0.25) is 5.02 Å². The van der Waals surface area contributed by atoms with Crippen LogP contribution in [0.5, 0.6) is 11.5 Å². The largest absolute Gasteiger partial charge is 0.494 e. The maximum Gasteiger partial charge on any atom is 0.305 e. The highest BCUT2D eigenvalue weighted by Crippen LogP contribution is 2.44. The average molecular weight is 577 g/mol. The number of hydrogen-bond donors (Lipinski definition) is 0. The molecule has 4 rings (SSSR count). The highest BCUT2D eigenvalue weighted by molar-refractivity contribution is 7.91. The Morgan fingerprint density at radius 2 is 1.87 bits per heavy atom. The van der Waals surface area contributed by atoms with E-state index in [2.05, 4.69) is 0 Å². The number of sulfone groups is 1. The second-order valence-electron chi connectivity index (χ2n) is 9.14. The number of carbonyl (C=O) groups is 1. The van der Waals surface area contributed by atoms with Gasteiger partial charge in [-0.15, -0.1) is 0 Å². The van der Waals surface area contributed by atoms with Crippen molar-refractivity contribution in [1.29, 1.82) is 0 Å². The molecule has 0 fully saturated rings. The topological polar surface area (TPSA) is 78.9 Å². The van der Waals surface area contributed by atoms with Gasteiger partial charge in [-0.3, -0.25) is 4.79 Å². The Morgan fingerprint density at radius 3 is 2.56 bits per heavy atom. The van der Waals surface area contributed by atoms with Crippen molar-refractivity contribution in [2.75, 3.05) is 14.2 Å². The molecule has 1 aliphatic rings. The van der Waals surface area contributed by atoms with E-state index in [0.717, 1.165) is 12.1 Å². The Hall–Kier alpha value is -3.43. The molecule has 0 bridgehead atoms. The van der Waals surface area contributed by atoms with E-state index >= 15 is 0 Å². The second-order valence-corrected chi connectivity index (χ2v) is 11.7. The molecule has 0 amide bonds. The van der Waals surface area contributed by atoms with Gasteiger partial charge in [0, 0.05) is 30.0 Å². The summed E-state index contributed by atoms with van der Waals surface area (Å²) in [4.78, 5) is 11.6. The van der Waals surface area contributed by atoms with Crippen LogP contribution in [0.15, 0.2) is 59.5 Å². The summed E-state index contributed by atoms with van der Waals surface area (Å²) in [6, 6.07) is 12.9. The fourth-order valence-electron chi connectivity index (χ4n) is 4.64. The number of fused-ring (bicyclic) bond motifs is 1. The summed E-state index contributed by atoms with van der Waals surface area (Å²) >= 11 is 6.22. The molecule has 0 N–H and O–H groups in total. The van der Waals surface area contributed by atoms with Crippen LogP contribution in [-0.4, -0.2) is 34.7 Å². The minimum Gasteiger partial charge on any atom is -0.494 e. The van der Waals surface area contributed by atoms with Gasteiger partial charge in [0.05, 0.1) is 29.4 Å². The van der Waals surface area contributed by atoms with E-state index in [1.165, 1.54) is 32.4 Å². The summed E-state index contributed by atoms with van der Waals surface area (Å²) in [7, 11) is -1.53. The summed E-state index contributed by atoms with van der Waals surface area (Å²) in [5, 5.41) is -0.811. The number of halogens is 3. The molecule has 0 saturated carbocycles. The predicted octanol–water partition coefficient (Wildman–Crippen LogP) is 6.81. The Kier molecular flexibility index (Phi) is 8.61. The average Bonchev–Trinajstić information content (AvgIpc) is 2.91. The number of carbonyl (C=O) groups excluding carboxylic acids is 1. The van der Waals surface area contributed by atoms with Crippen LogP contribution in [0.25, 0.3) is 11.6 Å². The number of rotatable bonds is 8. The molecule has 0 aromatic heterocycles. The van der Waals surface area contributed by atoms with E-state index < -0.39 is 38.8 Å². The van der Waals surface area contributed by atoms with Gasteiger partial charge in [-0.25, -0.2) is 17.2 Å². The number of esters is 1. The molecule has 39 heavy (non-hydrogen) atoms. The molecule has 10 heteroatoms. The smallest absolute Gasteiger partial charge is 0.305 e. The van der Waals surface area contributed by atoms with Gasteiger partial charge >= 0.3 is 5.97 Å². The fourth-order valence-corrected chi connectivity index (χ4v) is 6.79. The van der Waals surface area contributed by atoms with Gasteiger partial charge in [0.1, 0.15) is 17.7 Å². The van der Waals surface area contributed by atoms with Crippen molar-refractivity contribution in [2.24, 2.45) is 0 Å². The molecule has 2 unspecified atom stereocenters. The first-order valence-electron chi connectivity index (χ1n) is 12.1. The third kappa shape index (κ3) is 6.09. The van der Waals surface area contributed by atoms with Crippen LogP contribution in [0.4, 0.5) is 8.78 Å². The van der Waals surface area contributed by atoms with E-state index in [4.69, 9.17) is 25.8 Å². The monoisotopic (exact) mass is 576 g/mol. The van der Waals surface area contributed by atoms with E-state index in [9.17, 15) is 22.0 Å². The number of methoxy groups -OCH3 is 2. The van der Waals surface area contributed by atoms with Crippen LogP contribution in [0.1, 0.15) is 48.1 Å². The lowest BCUT2D eigenvalue weighted by Gasteiger charge is -2.32. The Morgan fingerprint density at radius 1 is 1.10 bits per heavy atom. The van der Waals surface area contributed by atoms with Gasteiger partial charge in [0.15, 0.2) is 21.4 Å². The summed E-state index contributed by atoms with van der Waals surface area (Å²) in [5.41, 5.74) is 1.81. The highest BCUT2D eigenvalue weighted by Gasteiger charge is 2.38. The van der Waals surface area contributed by atoms with Gasteiger partial charge in [0.2, 0.25) is 0 Å². The molecular formula is C29H27ClF2O6S. The molecule has 6 nitrogen and oxygen atoms in total. The van der Waals surface area contributed by atoms with Crippen molar-refractivity contribution in [3.8, 4) is 11.5 Å². The van der Waals surface area contributed by atoms with Crippen molar-refractivity contribution in [2.45, 2.75) is 42.4 Å². The fraction of sp³-hybridized carbons (Fsp3) is 0.276. The van der Waals surface area contributed by atoms with Gasteiger partial charge in [-0.1, -0.05) is 29.8 Å². The molecule has 3 aromatic carbocycles. The van der Waals surface area contributed by atoms with Crippen LogP contribution in [0, 0.1) is 11.6 Å². The van der Waals surface area contributed by atoms with Gasteiger partial charge in [-0.05, 0) is 60.9 Å². The minimum absolute atomic E-state index is 0.0526. The highest BCUT2D eigenvalue weighted by atomic mass is 35.5. The van der Waals surface area contributed by atoms with Gasteiger partial charge in [0.25, 0.3) is 0 Å². The predicted molar refractivity (Wildman–Crippen MR) is 145 cm³/mol. The van der Waals surface area contributed by atoms with E-state index in [-0.39, 0.29) is 40.5 Å². The van der Waals surface area contributed by atoms with Crippen LogP contribution < -0.4 is 9.47 Å². The molecule has 0 spiro atoms. The number of benzene rings is 3. The van der Waals surface area contributed by atoms with Crippen molar-refractivity contribution in [3.63, 3.8) is 0 Å². The SMILES string of the molecule is COC(=O)CCC1CC(S(=O)(=O)c2ccc(F)c(OC)c2)c2cc(/C=C(\C)c3c(F)cccc3Cl)ccc2O1. The first-order chi connectivity index (χ1) is 18.5. The first-order valence-corrected chi connectivity index (χ1v) is 14.0. The Balaban J connectivity index is 1.78. The Labute approximate surface area is 231 Å². The van der Waals surface area contributed by atoms with E-state index in [0.29, 0.717) is 22.4 Å². The molecule has 206 valence electrons. The van der Waals surface area contributed by atoms with E-state index in [1.807, 2.05) is 0 Å². The van der Waals surface area contributed by atoms with Crippen molar-refractivity contribution in [1.82, 2.24) is 0 Å². The zero-order valence-electron chi connectivity index (χ0n) is 21.5. The minimum atomic E-state index is -4.06. The number of allylic oxidation sites excluding steroid dienone is 1. The standard InChI is InChI=1S/C29H27ClF2O6S/c1-17(29-22(30)5-4-6-24(29)32)13-18-7-11-25-21(14-18)27(15-19(38-25)8-12-28(33)37-3)39(34,35)20-9-10-23(31)26(16-20)36-2/h4-7,9-11,13-14,16,19,27H,8,12,15H2,1-3H3/b17-13+. The lowest BCUT2D eigenvalue weighted by atomic mass is 9.96. The molecule has 1 aliphatic heterocycles. The molecule has 0 saturated heterocycles. The molecule has 1 heterocycles. The van der Waals surface area contributed by atoms with E-state index in [1.54, 1.807) is 37.3 Å². The molecule has 0 aliphatic carbocycles. The lowest BCUT2D eigenvalue weighted by Crippen LogP contribution is -2.30. The summed E-state index contributed by atoms with van der Waals surface area (Å²) in [5.74, 6) is -1.45. The Bertz CT molecular complexity index is 1520. The zero-order chi connectivity index (χ0) is 28.3. The molecular weight excluding hydrogens is 550 g/mol. The first kappa shape index (κ1) is 28.6. The second kappa shape index (κ2) is 11.8. The van der Waals surface area contributed by atoms with Crippen LogP contribution in [0.3, 0.4) is 0 Å². The molecule has 3 aromatic rings. The summed E-state index contributed by atoms with van der Waals surface area (Å²) in [6.45, 7) is 1.71. The van der Waals surface area contributed by atoms with Crippen molar-refractivity contribution >= 4 is 39.1 Å². The van der Waals surface area contributed by atoms with Gasteiger partial charge in [-0.2, -0.15) is 0 Å². The third-order valence-electron chi connectivity index (χ3n) is 6.62. The summed E-state index contributed by atoms with van der Waals surface area (Å²) in [6.07, 6.45) is 1.48. The van der Waals surface area contributed by atoms with Crippen LogP contribution >= 0.6 is 11.6 Å². The quantitative estimate of drug-likeness (QED) is 0.167. The summed E-state index contributed by atoms with van der Waals surface area (Å²) < 4.78 is 72.1. The third-order valence-corrected chi connectivity index (χ3v) is 9.04. The zero-order valence-corrected chi connectivity index (χ0v) is 23.1. The van der Waals surface area contributed by atoms with Crippen molar-refractivity contribution in [3.05, 3.63) is 87.9 Å². The van der Waals surface area contributed by atoms with Crippen LogP contribution in [-0.2, 0) is 19.4 Å². The number of hydrogen-bond acceptors (Lipinski definition) is 6. The lowest BCUT2D eigenvalue weighted by molar-refractivity contribution is -0.141. The number of ether oxygens (including phenoxy) is 3. The normalized spacial score (nSPS) is 17.2. The van der Waals surface area contributed by atoms with Crippen molar-refractivity contribution < 1.29 is 36.2 Å².